The summed E-state index contributed by atoms with van der Waals surface area (Å²) in [6.07, 6.45) is 0. The van der Waals surface area contributed by atoms with Crippen LogP contribution >= 0.6 is 11.6 Å². The third-order valence-corrected chi connectivity index (χ3v) is 3.42. The average molecular weight is 292 g/mol. The van der Waals surface area contributed by atoms with Crippen molar-refractivity contribution >= 4 is 11.6 Å². The van der Waals surface area contributed by atoms with Gasteiger partial charge in [-0.3, -0.25) is 0 Å². The molecule has 0 spiro atoms. The Kier molecular flexibility index (Phi) is 4.88. The van der Waals surface area contributed by atoms with E-state index in [2.05, 4.69) is 0 Å². The van der Waals surface area contributed by atoms with Gasteiger partial charge in [0.15, 0.2) is 11.5 Å². The van der Waals surface area contributed by atoms with Crippen LogP contribution in [0.2, 0.25) is 5.02 Å². The van der Waals surface area contributed by atoms with Crippen molar-refractivity contribution in [3.63, 3.8) is 0 Å². The first kappa shape index (κ1) is 14.7. The number of ether oxygens (including phenoxy) is 2. The van der Waals surface area contributed by atoms with Gasteiger partial charge >= 0.3 is 0 Å². The molecule has 2 rings (SSSR count). The van der Waals surface area contributed by atoms with Gasteiger partial charge < -0.3 is 15.2 Å². The van der Waals surface area contributed by atoms with Crippen molar-refractivity contribution in [2.24, 2.45) is 5.73 Å². The normalized spacial score (nSPS) is 12.0. The molecule has 106 valence electrons. The molecule has 3 nitrogen and oxygen atoms in total. The van der Waals surface area contributed by atoms with Crippen molar-refractivity contribution in [2.75, 3.05) is 7.11 Å². The molecule has 4 heteroatoms. The fraction of sp³-hybridized carbons (Fsp3) is 0.250. The second-order valence-corrected chi connectivity index (χ2v) is 4.99. The molecule has 0 saturated heterocycles. The summed E-state index contributed by atoms with van der Waals surface area (Å²) < 4.78 is 11.1. The molecule has 0 bridgehead atoms. The predicted octanol–water partition coefficient (Wildman–Crippen LogP) is 3.95. The highest BCUT2D eigenvalue weighted by Gasteiger charge is 2.09. The number of hydrogen-bond acceptors (Lipinski definition) is 3. The highest BCUT2D eigenvalue weighted by Crippen LogP contribution is 2.31. The van der Waals surface area contributed by atoms with Gasteiger partial charge in [-0.15, -0.1) is 0 Å². The zero-order chi connectivity index (χ0) is 14.5. The van der Waals surface area contributed by atoms with E-state index < -0.39 is 0 Å². The van der Waals surface area contributed by atoms with Crippen molar-refractivity contribution in [3.8, 4) is 11.5 Å². The van der Waals surface area contributed by atoms with Gasteiger partial charge in [0, 0.05) is 16.6 Å². The van der Waals surface area contributed by atoms with E-state index in [9.17, 15) is 0 Å². The molecule has 0 aliphatic heterocycles. The molecule has 0 saturated carbocycles. The first-order valence-corrected chi connectivity index (χ1v) is 6.79. The Bertz CT molecular complexity index is 584. The zero-order valence-electron chi connectivity index (χ0n) is 11.6. The fourth-order valence-corrected chi connectivity index (χ4v) is 2.05. The average Bonchev–Trinajstić information content (AvgIpc) is 2.46. The van der Waals surface area contributed by atoms with Gasteiger partial charge in [-0.2, -0.15) is 0 Å². The van der Waals surface area contributed by atoms with E-state index in [0.717, 1.165) is 11.1 Å². The second-order valence-electron chi connectivity index (χ2n) is 4.58. The summed E-state index contributed by atoms with van der Waals surface area (Å²) in [7, 11) is 1.61. The van der Waals surface area contributed by atoms with Gasteiger partial charge in [-0.1, -0.05) is 35.9 Å². The molecule has 0 fully saturated rings. The molecule has 20 heavy (non-hydrogen) atoms. The third kappa shape index (κ3) is 3.44. The molecule has 0 amide bonds. The highest BCUT2D eigenvalue weighted by molar-refractivity contribution is 6.31. The molecule has 0 aromatic heterocycles. The van der Waals surface area contributed by atoms with Gasteiger partial charge in [-0.25, -0.2) is 0 Å². The summed E-state index contributed by atoms with van der Waals surface area (Å²) in [6, 6.07) is 13.3. The van der Waals surface area contributed by atoms with Gasteiger partial charge in [0.1, 0.15) is 6.61 Å². The monoisotopic (exact) mass is 291 g/mol. The van der Waals surface area contributed by atoms with E-state index in [1.807, 2.05) is 49.4 Å². The van der Waals surface area contributed by atoms with Gasteiger partial charge in [0.25, 0.3) is 0 Å². The summed E-state index contributed by atoms with van der Waals surface area (Å²) >= 11 is 6.10. The first-order chi connectivity index (χ1) is 9.61. The Hall–Kier alpha value is -1.71. The molecule has 0 aliphatic rings. The lowest BCUT2D eigenvalue weighted by molar-refractivity contribution is 0.284. The van der Waals surface area contributed by atoms with Crippen LogP contribution in [0.25, 0.3) is 0 Å². The molecular weight excluding hydrogens is 274 g/mol. The number of halogens is 1. The van der Waals surface area contributed by atoms with E-state index in [-0.39, 0.29) is 6.04 Å². The van der Waals surface area contributed by atoms with E-state index in [1.54, 1.807) is 7.11 Å². The van der Waals surface area contributed by atoms with Crippen molar-refractivity contribution < 1.29 is 9.47 Å². The van der Waals surface area contributed by atoms with E-state index >= 15 is 0 Å². The van der Waals surface area contributed by atoms with Crippen molar-refractivity contribution in [2.45, 2.75) is 19.6 Å². The Morgan fingerprint density at radius 3 is 2.55 bits per heavy atom. The number of rotatable bonds is 5. The molecule has 2 N–H and O–H groups in total. The van der Waals surface area contributed by atoms with Crippen LogP contribution < -0.4 is 15.2 Å². The quantitative estimate of drug-likeness (QED) is 0.907. The maximum Gasteiger partial charge on any atom is 0.161 e. The fourth-order valence-electron chi connectivity index (χ4n) is 1.86. The molecule has 0 radical (unpaired) electrons. The maximum absolute atomic E-state index is 6.10. The standard InChI is InChI=1S/C16H18ClNO2/c1-11(18)12-7-8-15(16(9-12)19-2)20-10-13-5-3-4-6-14(13)17/h3-9,11H,10,18H2,1-2H3. The topological polar surface area (TPSA) is 44.5 Å². The van der Waals surface area contributed by atoms with Crippen LogP contribution in [0.1, 0.15) is 24.1 Å². The van der Waals surface area contributed by atoms with Crippen LogP contribution in [0, 0.1) is 0 Å². The lowest BCUT2D eigenvalue weighted by atomic mass is 10.1. The molecule has 0 aliphatic carbocycles. The summed E-state index contributed by atoms with van der Waals surface area (Å²) in [5.41, 5.74) is 7.80. The number of nitrogens with two attached hydrogens (primary N) is 1. The summed E-state index contributed by atoms with van der Waals surface area (Å²) in [6.45, 7) is 2.33. The second kappa shape index (κ2) is 6.64. The van der Waals surface area contributed by atoms with Crippen LogP contribution in [0.5, 0.6) is 11.5 Å². The van der Waals surface area contributed by atoms with Crippen molar-refractivity contribution in [1.29, 1.82) is 0 Å². The largest absolute Gasteiger partial charge is 0.493 e. The molecule has 2 aromatic rings. The van der Waals surface area contributed by atoms with E-state index in [0.29, 0.717) is 23.1 Å². The van der Waals surface area contributed by atoms with E-state index in [1.165, 1.54) is 0 Å². The van der Waals surface area contributed by atoms with Gasteiger partial charge in [0.05, 0.1) is 7.11 Å². The zero-order valence-corrected chi connectivity index (χ0v) is 12.4. The van der Waals surface area contributed by atoms with Gasteiger partial charge in [-0.05, 0) is 30.7 Å². The predicted molar refractivity (Wildman–Crippen MR) is 81.4 cm³/mol. The summed E-state index contributed by atoms with van der Waals surface area (Å²) in [4.78, 5) is 0. The first-order valence-electron chi connectivity index (χ1n) is 6.41. The lowest BCUT2D eigenvalue weighted by Gasteiger charge is -2.14. The number of benzene rings is 2. The third-order valence-electron chi connectivity index (χ3n) is 3.05. The molecular formula is C16H18ClNO2. The van der Waals surface area contributed by atoms with Crippen LogP contribution in [0.4, 0.5) is 0 Å². The van der Waals surface area contributed by atoms with Crippen LogP contribution in [-0.2, 0) is 6.61 Å². The lowest BCUT2D eigenvalue weighted by Crippen LogP contribution is -2.05. The minimum atomic E-state index is -0.0403. The maximum atomic E-state index is 6.10. The Labute approximate surface area is 124 Å². The molecule has 0 heterocycles. The minimum absolute atomic E-state index is 0.0403. The Balaban J connectivity index is 2.15. The molecule has 2 aromatic carbocycles. The summed E-state index contributed by atoms with van der Waals surface area (Å²) in [5, 5.41) is 0.693. The Morgan fingerprint density at radius 2 is 1.90 bits per heavy atom. The van der Waals surface area contributed by atoms with Gasteiger partial charge in [0.2, 0.25) is 0 Å². The highest BCUT2D eigenvalue weighted by atomic mass is 35.5. The van der Waals surface area contributed by atoms with Crippen molar-refractivity contribution in [1.82, 2.24) is 0 Å². The number of methoxy groups -OCH3 is 1. The number of hydrogen-bond donors (Lipinski definition) is 1. The Morgan fingerprint density at radius 1 is 1.15 bits per heavy atom. The smallest absolute Gasteiger partial charge is 0.161 e. The van der Waals surface area contributed by atoms with Crippen LogP contribution in [-0.4, -0.2) is 7.11 Å². The van der Waals surface area contributed by atoms with Crippen LogP contribution in [0.3, 0.4) is 0 Å². The van der Waals surface area contributed by atoms with E-state index in [4.69, 9.17) is 26.8 Å². The molecule has 1 unspecified atom stereocenters. The summed E-state index contributed by atoms with van der Waals surface area (Å²) in [5.74, 6) is 1.35. The minimum Gasteiger partial charge on any atom is -0.493 e. The SMILES string of the molecule is COc1cc(C(C)N)ccc1OCc1ccccc1Cl. The van der Waals surface area contributed by atoms with Crippen LogP contribution in [0.15, 0.2) is 42.5 Å². The molecule has 1 atom stereocenters. The van der Waals surface area contributed by atoms with Crippen molar-refractivity contribution in [3.05, 3.63) is 58.6 Å².